The summed E-state index contributed by atoms with van der Waals surface area (Å²) in [5, 5.41) is 0. The molecule has 0 unspecified atom stereocenters. The minimum atomic E-state index is -0.359. The number of esters is 1. The van der Waals surface area contributed by atoms with Gasteiger partial charge in [0.05, 0.1) is 13.3 Å². The molecular weight excluding hydrogens is 228 g/mol. The van der Waals surface area contributed by atoms with Crippen LogP contribution < -0.4 is 0 Å². The third-order valence-electron chi connectivity index (χ3n) is 2.91. The van der Waals surface area contributed by atoms with Crippen LogP contribution in [-0.4, -0.2) is 22.6 Å². The summed E-state index contributed by atoms with van der Waals surface area (Å²) in [6, 6.07) is 8.21. The maximum atomic E-state index is 11.6. The highest BCUT2D eigenvalue weighted by Crippen LogP contribution is 2.11. The summed E-state index contributed by atoms with van der Waals surface area (Å²) >= 11 is 0. The Hall–Kier alpha value is -2.10. The number of ether oxygens (including phenoxy) is 1. The number of aromatic nitrogens is 2. The van der Waals surface area contributed by atoms with E-state index in [0.717, 1.165) is 11.4 Å². The topological polar surface area (TPSA) is 44.1 Å². The fourth-order valence-corrected chi connectivity index (χ4v) is 1.81. The molecule has 18 heavy (non-hydrogen) atoms. The molecule has 1 heterocycles. The molecule has 1 aromatic heterocycles. The number of rotatable bonds is 3. The van der Waals surface area contributed by atoms with E-state index < -0.39 is 0 Å². The molecule has 4 heteroatoms. The number of methoxy groups -OCH3 is 1. The van der Waals surface area contributed by atoms with Crippen LogP contribution in [0.2, 0.25) is 0 Å². The van der Waals surface area contributed by atoms with Crippen LogP contribution in [0.5, 0.6) is 0 Å². The minimum absolute atomic E-state index is 0.359. The van der Waals surface area contributed by atoms with Gasteiger partial charge in [0.2, 0.25) is 0 Å². The maximum absolute atomic E-state index is 11.6. The van der Waals surface area contributed by atoms with Gasteiger partial charge in [0.15, 0.2) is 0 Å². The van der Waals surface area contributed by atoms with Gasteiger partial charge in [-0.1, -0.05) is 29.8 Å². The Morgan fingerprint density at radius 3 is 2.56 bits per heavy atom. The third kappa shape index (κ3) is 2.42. The van der Waals surface area contributed by atoms with Crippen LogP contribution in [0.25, 0.3) is 0 Å². The Balaban J connectivity index is 2.31. The highest BCUT2D eigenvalue weighted by molar-refractivity contribution is 5.87. The minimum Gasteiger partial charge on any atom is -0.464 e. The number of imidazole rings is 1. The summed E-state index contributed by atoms with van der Waals surface area (Å²) in [5.74, 6) is 0.443. The van der Waals surface area contributed by atoms with E-state index >= 15 is 0 Å². The molecule has 0 bridgehead atoms. The van der Waals surface area contributed by atoms with Gasteiger partial charge in [-0.25, -0.2) is 9.78 Å². The Kier molecular flexibility index (Phi) is 3.46. The van der Waals surface area contributed by atoms with Gasteiger partial charge in [0.1, 0.15) is 11.5 Å². The highest BCUT2D eigenvalue weighted by atomic mass is 16.5. The van der Waals surface area contributed by atoms with E-state index in [-0.39, 0.29) is 5.97 Å². The molecule has 0 N–H and O–H groups in total. The summed E-state index contributed by atoms with van der Waals surface area (Å²) < 4.78 is 6.60. The van der Waals surface area contributed by atoms with Crippen molar-refractivity contribution in [1.29, 1.82) is 0 Å². The van der Waals surface area contributed by atoms with Gasteiger partial charge in [-0.05, 0) is 19.4 Å². The molecule has 2 rings (SSSR count). The van der Waals surface area contributed by atoms with Crippen molar-refractivity contribution < 1.29 is 9.53 Å². The lowest BCUT2D eigenvalue weighted by molar-refractivity contribution is 0.0588. The number of aryl methyl sites for hydroxylation is 2. The monoisotopic (exact) mass is 244 g/mol. The summed E-state index contributed by atoms with van der Waals surface area (Å²) in [6.07, 6.45) is 1.55. The lowest BCUT2D eigenvalue weighted by Gasteiger charge is -2.09. The second kappa shape index (κ2) is 5.04. The molecule has 0 spiro atoms. The molecule has 4 nitrogen and oxygen atoms in total. The maximum Gasteiger partial charge on any atom is 0.356 e. The first kappa shape index (κ1) is 12.4. The van der Waals surface area contributed by atoms with Crippen molar-refractivity contribution in [2.75, 3.05) is 7.11 Å². The van der Waals surface area contributed by atoms with Crippen LogP contribution >= 0.6 is 0 Å². The molecule has 1 aromatic carbocycles. The zero-order valence-electron chi connectivity index (χ0n) is 10.8. The van der Waals surface area contributed by atoms with Crippen molar-refractivity contribution in [2.24, 2.45) is 0 Å². The lowest BCUT2D eigenvalue weighted by Crippen LogP contribution is -2.12. The molecule has 0 aliphatic heterocycles. The summed E-state index contributed by atoms with van der Waals surface area (Å²) in [4.78, 5) is 15.8. The van der Waals surface area contributed by atoms with Gasteiger partial charge >= 0.3 is 5.97 Å². The first-order chi connectivity index (χ1) is 8.61. The van der Waals surface area contributed by atoms with Gasteiger partial charge in [-0.15, -0.1) is 0 Å². The number of nitrogens with zero attached hydrogens (tertiary/aromatic N) is 2. The molecular formula is C14H16N2O2. The van der Waals surface area contributed by atoms with E-state index in [0.29, 0.717) is 12.2 Å². The third-order valence-corrected chi connectivity index (χ3v) is 2.91. The Morgan fingerprint density at radius 2 is 1.94 bits per heavy atom. The van der Waals surface area contributed by atoms with Crippen molar-refractivity contribution in [1.82, 2.24) is 9.55 Å². The molecule has 94 valence electrons. The molecule has 0 aliphatic rings. The molecule has 0 fully saturated rings. The standard InChI is InChI=1S/C14H16N2O2/c1-10-4-6-12(7-5-10)9-16-11(2)15-8-13(16)14(17)18-3/h4-8H,9H2,1-3H3. The first-order valence-electron chi connectivity index (χ1n) is 5.78. The number of carbonyl (C=O) groups is 1. The van der Waals surface area contributed by atoms with Gasteiger partial charge in [0, 0.05) is 6.54 Å². The molecule has 0 aliphatic carbocycles. The fourth-order valence-electron chi connectivity index (χ4n) is 1.81. The van der Waals surface area contributed by atoms with E-state index in [1.165, 1.54) is 12.7 Å². The summed E-state index contributed by atoms with van der Waals surface area (Å²) in [5.41, 5.74) is 2.83. The smallest absolute Gasteiger partial charge is 0.356 e. The van der Waals surface area contributed by atoms with E-state index in [1.807, 2.05) is 18.4 Å². The number of hydrogen-bond donors (Lipinski definition) is 0. The van der Waals surface area contributed by atoms with Crippen molar-refractivity contribution in [3.63, 3.8) is 0 Å². The van der Waals surface area contributed by atoms with Crippen molar-refractivity contribution in [3.8, 4) is 0 Å². The van der Waals surface area contributed by atoms with Crippen LogP contribution in [0.15, 0.2) is 30.5 Å². The quantitative estimate of drug-likeness (QED) is 0.778. The highest BCUT2D eigenvalue weighted by Gasteiger charge is 2.14. The number of benzene rings is 1. The van der Waals surface area contributed by atoms with Crippen molar-refractivity contribution in [3.05, 3.63) is 53.1 Å². The van der Waals surface area contributed by atoms with Crippen LogP contribution in [0.4, 0.5) is 0 Å². The average Bonchev–Trinajstić information content (AvgIpc) is 2.73. The largest absolute Gasteiger partial charge is 0.464 e. The molecule has 0 radical (unpaired) electrons. The van der Waals surface area contributed by atoms with Gasteiger partial charge in [-0.3, -0.25) is 0 Å². The Bertz CT molecular complexity index is 556. The van der Waals surface area contributed by atoms with E-state index in [1.54, 1.807) is 6.20 Å². The van der Waals surface area contributed by atoms with E-state index in [9.17, 15) is 4.79 Å². The molecule has 0 atom stereocenters. The fraction of sp³-hybridized carbons (Fsp3) is 0.286. The lowest BCUT2D eigenvalue weighted by atomic mass is 10.1. The van der Waals surface area contributed by atoms with Crippen LogP contribution in [0.1, 0.15) is 27.4 Å². The van der Waals surface area contributed by atoms with Crippen LogP contribution in [0, 0.1) is 13.8 Å². The second-order valence-corrected chi connectivity index (χ2v) is 4.25. The SMILES string of the molecule is COC(=O)c1cnc(C)n1Cc1ccc(C)cc1. The van der Waals surface area contributed by atoms with Crippen molar-refractivity contribution >= 4 is 5.97 Å². The zero-order valence-corrected chi connectivity index (χ0v) is 10.8. The molecule has 0 saturated heterocycles. The van der Waals surface area contributed by atoms with Gasteiger partial charge < -0.3 is 9.30 Å². The van der Waals surface area contributed by atoms with E-state index in [2.05, 4.69) is 29.2 Å². The van der Waals surface area contributed by atoms with E-state index in [4.69, 9.17) is 4.74 Å². The Morgan fingerprint density at radius 1 is 1.28 bits per heavy atom. The first-order valence-corrected chi connectivity index (χ1v) is 5.78. The zero-order chi connectivity index (χ0) is 13.1. The number of hydrogen-bond acceptors (Lipinski definition) is 3. The molecule has 0 amide bonds. The van der Waals surface area contributed by atoms with Gasteiger partial charge in [0.25, 0.3) is 0 Å². The van der Waals surface area contributed by atoms with Gasteiger partial charge in [-0.2, -0.15) is 0 Å². The summed E-state index contributed by atoms with van der Waals surface area (Å²) in [7, 11) is 1.38. The number of carbonyl (C=O) groups excluding carboxylic acids is 1. The normalized spacial score (nSPS) is 10.4. The van der Waals surface area contributed by atoms with Crippen molar-refractivity contribution in [2.45, 2.75) is 20.4 Å². The molecule has 2 aromatic rings. The molecule has 0 saturated carbocycles. The predicted octanol–water partition coefficient (Wildman–Crippen LogP) is 2.33. The van der Waals surface area contributed by atoms with Crippen LogP contribution in [0.3, 0.4) is 0 Å². The van der Waals surface area contributed by atoms with Crippen LogP contribution in [-0.2, 0) is 11.3 Å². The summed E-state index contributed by atoms with van der Waals surface area (Å²) in [6.45, 7) is 4.54. The second-order valence-electron chi connectivity index (χ2n) is 4.25. The Labute approximate surface area is 106 Å². The average molecular weight is 244 g/mol. The predicted molar refractivity (Wildman–Crippen MR) is 68.6 cm³/mol.